The number of piperidine rings is 1. The van der Waals surface area contributed by atoms with E-state index in [9.17, 15) is 14.7 Å². The summed E-state index contributed by atoms with van der Waals surface area (Å²) in [4.78, 5) is 25.5. The number of aliphatic carboxylic acids is 1. The summed E-state index contributed by atoms with van der Waals surface area (Å²) in [6, 6.07) is -0.910. The molecule has 118 valence electrons. The number of hydrogen-bond donors (Lipinski definition) is 2. The topological polar surface area (TPSA) is 78.9 Å². The third-order valence-corrected chi connectivity index (χ3v) is 4.98. The van der Waals surface area contributed by atoms with Gasteiger partial charge in [0.05, 0.1) is 12.1 Å². The number of nitrogens with zero attached hydrogens (tertiary/aromatic N) is 1. The van der Waals surface area contributed by atoms with Crippen molar-refractivity contribution in [2.24, 2.45) is 11.8 Å². The zero-order valence-electron chi connectivity index (χ0n) is 12.5. The van der Waals surface area contributed by atoms with E-state index < -0.39 is 12.0 Å². The maximum atomic E-state index is 12.5. The van der Waals surface area contributed by atoms with Crippen LogP contribution < -0.4 is 5.32 Å². The second-order valence-corrected chi connectivity index (χ2v) is 6.61. The van der Waals surface area contributed by atoms with Gasteiger partial charge in [-0.05, 0) is 43.9 Å². The Balaban J connectivity index is 1.64. The van der Waals surface area contributed by atoms with Crippen LogP contribution in [-0.4, -0.2) is 53.3 Å². The smallest absolute Gasteiger partial charge is 0.326 e. The summed E-state index contributed by atoms with van der Waals surface area (Å²) >= 11 is 0. The molecule has 3 aliphatic rings. The lowest BCUT2D eigenvalue weighted by Crippen LogP contribution is -2.57. The van der Waals surface area contributed by atoms with E-state index in [0.29, 0.717) is 19.1 Å². The molecule has 2 aliphatic heterocycles. The number of nitrogens with one attached hydrogen (secondary N) is 1. The van der Waals surface area contributed by atoms with Gasteiger partial charge in [-0.3, -0.25) is 0 Å². The lowest BCUT2D eigenvalue weighted by Gasteiger charge is -2.38. The monoisotopic (exact) mass is 296 g/mol. The SMILES string of the molecule is CC1CCCN(C(=O)NC2CCOC2C2CC2)C1C(=O)O. The fraction of sp³-hybridized carbons (Fsp3) is 0.867. The van der Waals surface area contributed by atoms with Gasteiger partial charge in [0.15, 0.2) is 0 Å². The predicted molar refractivity (Wildman–Crippen MR) is 75.9 cm³/mol. The summed E-state index contributed by atoms with van der Waals surface area (Å²) in [7, 11) is 0. The molecule has 3 fully saturated rings. The van der Waals surface area contributed by atoms with Gasteiger partial charge in [-0.2, -0.15) is 0 Å². The number of likely N-dealkylation sites (tertiary alicyclic amines) is 1. The van der Waals surface area contributed by atoms with E-state index in [2.05, 4.69) is 5.32 Å². The van der Waals surface area contributed by atoms with Crippen LogP contribution in [0.2, 0.25) is 0 Å². The maximum Gasteiger partial charge on any atom is 0.326 e. The molecular weight excluding hydrogens is 272 g/mol. The van der Waals surface area contributed by atoms with Crippen LogP contribution in [0, 0.1) is 11.8 Å². The van der Waals surface area contributed by atoms with E-state index in [0.717, 1.165) is 19.3 Å². The summed E-state index contributed by atoms with van der Waals surface area (Å²) in [5.41, 5.74) is 0. The van der Waals surface area contributed by atoms with Crippen LogP contribution in [0.4, 0.5) is 4.79 Å². The second-order valence-electron chi connectivity index (χ2n) is 6.61. The molecule has 3 rings (SSSR count). The average Bonchev–Trinajstić information content (AvgIpc) is 3.18. The number of carbonyl (C=O) groups excluding carboxylic acids is 1. The molecule has 6 nitrogen and oxygen atoms in total. The van der Waals surface area contributed by atoms with Crippen molar-refractivity contribution in [3.8, 4) is 0 Å². The van der Waals surface area contributed by atoms with Gasteiger partial charge in [-0.25, -0.2) is 9.59 Å². The minimum Gasteiger partial charge on any atom is -0.480 e. The van der Waals surface area contributed by atoms with Gasteiger partial charge in [0, 0.05) is 13.2 Å². The first-order chi connectivity index (χ1) is 10.1. The van der Waals surface area contributed by atoms with E-state index in [4.69, 9.17) is 4.74 Å². The Morgan fingerprint density at radius 2 is 2.00 bits per heavy atom. The molecule has 2 N–H and O–H groups in total. The maximum absolute atomic E-state index is 12.5. The van der Waals surface area contributed by atoms with Crippen molar-refractivity contribution in [3.05, 3.63) is 0 Å². The highest BCUT2D eigenvalue weighted by molar-refractivity contribution is 5.83. The molecule has 0 spiro atoms. The Kier molecular flexibility index (Phi) is 4.06. The van der Waals surface area contributed by atoms with Gasteiger partial charge in [-0.1, -0.05) is 6.92 Å². The number of ether oxygens (including phenoxy) is 1. The third kappa shape index (κ3) is 3.00. The van der Waals surface area contributed by atoms with E-state index in [1.807, 2.05) is 6.92 Å². The summed E-state index contributed by atoms with van der Waals surface area (Å²) in [5.74, 6) is -0.326. The molecule has 0 aromatic rings. The molecule has 1 saturated carbocycles. The molecule has 4 atom stereocenters. The first-order valence-corrected chi connectivity index (χ1v) is 7.99. The van der Waals surface area contributed by atoms with Crippen molar-refractivity contribution in [1.29, 1.82) is 0 Å². The van der Waals surface area contributed by atoms with Crippen LogP contribution in [0.25, 0.3) is 0 Å². The number of rotatable bonds is 3. The summed E-state index contributed by atoms with van der Waals surface area (Å²) in [5, 5.41) is 12.4. The Morgan fingerprint density at radius 3 is 2.67 bits per heavy atom. The standard InChI is InChI=1S/C15H24N2O4/c1-9-3-2-7-17(12(9)14(18)19)15(20)16-11-6-8-21-13(11)10-4-5-10/h9-13H,2-8H2,1H3,(H,16,20)(H,18,19). The Labute approximate surface area is 124 Å². The van der Waals surface area contributed by atoms with Crippen molar-refractivity contribution in [2.75, 3.05) is 13.2 Å². The van der Waals surface area contributed by atoms with Crippen LogP contribution >= 0.6 is 0 Å². The largest absolute Gasteiger partial charge is 0.480 e. The minimum atomic E-state index is -0.904. The predicted octanol–water partition coefficient (Wildman–Crippen LogP) is 1.45. The second kappa shape index (κ2) is 5.83. The molecule has 1 aliphatic carbocycles. The van der Waals surface area contributed by atoms with Crippen molar-refractivity contribution in [3.63, 3.8) is 0 Å². The molecule has 2 saturated heterocycles. The third-order valence-electron chi connectivity index (χ3n) is 4.98. The normalized spacial score (nSPS) is 36.5. The molecular formula is C15H24N2O4. The molecule has 21 heavy (non-hydrogen) atoms. The number of carbonyl (C=O) groups is 2. The van der Waals surface area contributed by atoms with E-state index in [-0.39, 0.29) is 24.1 Å². The van der Waals surface area contributed by atoms with E-state index >= 15 is 0 Å². The minimum absolute atomic E-state index is 0.000979. The van der Waals surface area contributed by atoms with Gasteiger partial charge < -0.3 is 20.1 Å². The van der Waals surface area contributed by atoms with E-state index in [1.165, 1.54) is 17.7 Å². The summed E-state index contributed by atoms with van der Waals surface area (Å²) in [6.07, 6.45) is 5.03. The molecule has 2 amide bonds. The van der Waals surface area contributed by atoms with Crippen LogP contribution in [0.15, 0.2) is 0 Å². The van der Waals surface area contributed by atoms with Gasteiger partial charge in [-0.15, -0.1) is 0 Å². The molecule has 6 heteroatoms. The molecule has 0 aromatic heterocycles. The number of amides is 2. The van der Waals surface area contributed by atoms with Gasteiger partial charge in [0.25, 0.3) is 0 Å². The average molecular weight is 296 g/mol. The molecule has 4 unspecified atom stereocenters. The van der Waals surface area contributed by atoms with Crippen molar-refractivity contribution >= 4 is 12.0 Å². The number of carboxylic acid groups (broad SMARTS) is 1. The number of carboxylic acids is 1. The lowest BCUT2D eigenvalue weighted by molar-refractivity contribution is -0.145. The quantitative estimate of drug-likeness (QED) is 0.826. The first kappa shape index (κ1) is 14.6. The zero-order chi connectivity index (χ0) is 15.0. The zero-order valence-corrected chi connectivity index (χ0v) is 12.5. The van der Waals surface area contributed by atoms with Crippen molar-refractivity contribution < 1.29 is 19.4 Å². The van der Waals surface area contributed by atoms with Crippen LogP contribution in [0.5, 0.6) is 0 Å². The Hall–Kier alpha value is -1.30. The molecule has 0 radical (unpaired) electrons. The highest BCUT2D eigenvalue weighted by Crippen LogP contribution is 2.38. The summed E-state index contributed by atoms with van der Waals surface area (Å²) in [6.45, 7) is 3.11. The molecule has 0 aromatic carbocycles. The Morgan fingerprint density at radius 1 is 1.24 bits per heavy atom. The van der Waals surface area contributed by atoms with Gasteiger partial charge in [0.1, 0.15) is 6.04 Å². The number of hydrogen-bond acceptors (Lipinski definition) is 3. The fourth-order valence-electron chi connectivity index (χ4n) is 3.69. The van der Waals surface area contributed by atoms with Crippen LogP contribution in [0.3, 0.4) is 0 Å². The van der Waals surface area contributed by atoms with Crippen molar-refractivity contribution in [2.45, 2.75) is 57.2 Å². The highest BCUT2D eigenvalue weighted by Gasteiger charge is 2.43. The Bertz CT molecular complexity index is 424. The fourth-order valence-corrected chi connectivity index (χ4v) is 3.69. The summed E-state index contributed by atoms with van der Waals surface area (Å²) < 4.78 is 5.72. The molecule has 2 heterocycles. The highest BCUT2D eigenvalue weighted by atomic mass is 16.5. The number of urea groups is 1. The lowest BCUT2D eigenvalue weighted by atomic mass is 9.91. The van der Waals surface area contributed by atoms with E-state index in [1.54, 1.807) is 0 Å². The van der Waals surface area contributed by atoms with Crippen LogP contribution in [-0.2, 0) is 9.53 Å². The van der Waals surface area contributed by atoms with Gasteiger partial charge >= 0.3 is 12.0 Å². The molecule has 0 bridgehead atoms. The van der Waals surface area contributed by atoms with Crippen LogP contribution in [0.1, 0.15) is 39.0 Å². The van der Waals surface area contributed by atoms with Crippen molar-refractivity contribution in [1.82, 2.24) is 10.2 Å². The first-order valence-electron chi connectivity index (χ1n) is 7.99. The van der Waals surface area contributed by atoms with Gasteiger partial charge in [0.2, 0.25) is 0 Å².